The molecule has 0 radical (unpaired) electrons. The molecule has 0 aliphatic carbocycles. The highest BCUT2D eigenvalue weighted by Gasteiger charge is 2.17. The third-order valence-electron chi connectivity index (χ3n) is 10.4. The van der Waals surface area contributed by atoms with Crippen molar-refractivity contribution >= 4 is 32.3 Å². The van der Waals surface area contributed by atoms with Crippen molar-refractivity contribution in [3.63, 3.8) is 0 Å². The maximum absolute atomic E-state index is 4.89. The lowest BCUT2D eigenvalue weighted by atomic mass is 9.89. The van der Waals surface area contributed by atoms with E-state index in [2.05, 4.69) is 136 Å². The molecule has 6 heteroatoms. The summed E-state index contributed by atoms with van der Waals surface area (Å²) in [6.07, 6.45) is 20.3. The molecule has 4 aromatic heterocycles. The van der Waals surface area contributed by atoms with E-state index in [1.54, 1.807) is 0 Å². The molecule has 256 valence electrons. The van der Waals surface area contributed by atoms with Gasteiger partial charge in [-0.1, -0.05) is 72.8 Å². The molecular formula is C48H34N6. The van der Waals surface area contributed by atoms with Gasteiger partial charge in [-0.2, -0.15) is 0 Å². The third-order valence-corrected chi connectivity index (χ3v) is 10.4. The average molecular weight is 695 g/mol. The highest BCUT2D eigenvalue weighted by Crippen LogP contribution is 2.40. The van der Waals surface area contributed by atoms with Crippen LogP contribution < -0.4 is 10.6 Å². The summed E-state index contributed by atoms with van der Waals surface area (Å²) in [6.45, 7) is 0.842. The van der Waals surface area contributed by atoms with Crippen molar-refractivity contribution in [2.75, 3.05) is 6.54 Å². The van der Waals surface area contributed by atoms with Crippen LogP contribution in [0.2, 0.25) is 0 Å². The molecule has 0 bridgehead atoms. The fourth-order valence-electron chi connectivity index (χ4n) is 7.55. The summed E-state index contributed by atoms with van der Waals surface area (Å²) < 4.78 is 0. The van der Waals surface area contributed by atoms with Crippen LogP contribution in [0.1, 0.15) is 11.6 Å². The van der Waals surface area contributed by atoms with E-state index in [4.69, 9.17) is 9.97 Å². The van der Waals surface area contributed by atoms with Crippen molar-refractivity contribution in [1.29, 1.82) is 0 Å². The molecule has 0 fully saturated rings. The summed E-state index contributed by atoms with van der Waals surface area (Å²) in [5.41, 5.74) is 11.3. The summed E-state index contributed by atoms with van der Waals surface area (Å²) in [6, 6.07) is 40.6. The summed E-state index contributed by atoms with van der Waals surface area (Å²) in [5, 5.41) is 14.3. The Balaban J connectivity index is 1.09. The summed E-state index contributed by atoms with van der Waals surface area (Å²) in [4.78, 5) is 18.8. The van der Waals surface area contributed by atoms with Gasteiger partial charge in [-0.05, 0) is 111 Å². The molecule has 1 unspecified atom stereocenters. The highest BCUT2D eigenvalue weighted by molar-refractivity contribution is 6.26. The number of allylic oxidation sites excluding steroid dienone is 3. The molecule has 10 rings (SSSR count). The van der Waals surface area contributed by atoms with Crippen LogP contribution in [-0.4, -0.2) is 26.5 Å². The van der Waals surface area contributed by atoms with Gasteiger partial charge in [0.25, 0.3) is 0 Å². The predicted molar refractivity (Wildman–Crippen MR) is 220 cm³/mol. The quantitative estimate of drug-likeness (QED) is 0.169. The van der Waals surface area contributed by atoms with Crippen molar-refractivity contribution in [3.05, 3.63) is 193 Å². The number of hydrogen-bond donors (Lipinski definition) is 2. The standard InChI is InChI=1S/C48H34N6/c1-4-22-49-43(7-1)34-13-19-46(52-28-34)31-10-16-37-40(25-31)38-17-11-32(47-20-14-35(29-53-47)44-8-2-5-23-50-44)27-42(38)39-18-12-33(26-41(37)39)48-21-15-36(30-54-48)45-9-3-6-24-51-45/h1-23,25-30,48,51,54H,24H2. The third kappa shape index (κ3) is 5.80. The smallest absolute Gasteiger partial charge is 0.0717 e. The normalized spacial score (nSPS) is 15.1. The van der Waals surface area contributed by atoms with Crippen LogP contribution >= 0.6 is 0 Å². The lowest BCUT2D eigenvalue weighted by molar-refractivity contribution is 0.736. The molecule has 0 spiro atoms. The number of dihydropyridines is 2. The average Bonchev–Trinajstić information content (AvgIpc) is 3.27. The molecule has 6 nitrogen and oxygen atoms in total. The number of pyridine rings is 4. The molecular weight excluding hydrogens is 661 g/mol. The van der Waals surface area contributed by atoms with Crippen LogP contribution in [0, 0.1) is 0 Å². The minimum absolute atomic E-state index is 0.0536. The number of nitrogens with one attached hydrogen (secondary N) is 2. The zero-order chi connectivity index (χ0) is 35.8. The molecule has 6 heterocycles. The topological polar surface area (TPSA) is 75.6 Å². The summed E-state index contributed by atoms with van der Waals surface area (Å²) >= 11 is 0. The number of rotatable bonds is 6. The Morgan fingerprint density at radius 3 is 1.59 bits per heavy atom. The van der Waals surface area contributed by atoms with Gasteiger partial charge >= 0.3 is 0 Å². The fraction of sp³-hybridized carbons (Fsp3) is 0.0417. The SMILES string of the molecule is C1=CCNC(C2=CNC(c3ccc4c5cc(-c6ccc(-c7ccccn7)cn6)ccc5c5cc(-c6ccc(-c7ccccn7)cn6)ccc5c4c3)C=C2)=C1. The Bertz CT molecular complexity index is 2700. The van der Waals surface area contributed by atoms with Crippen molar-refractivity contribution in [3.8, 4) is 45.0 Å². The van der Waals surface area contributed by atoms with Gasteiger partial charge in [0.05, 0.1) is 28.8 Å². The molecule has 2 aliphatic heterocycles. The van der Waals surface area contributed by atoms with Crippen molar-refractivity contribution in [2.45, 2.75) is 6.04 Å². The zero-order valence-corrected chi connectivity index (χ0v) is 29.3. The van der Waals surface area contributed by atoms with E-state index >= 15 is 0 Å². The first-order valence-corrected chi connectivity index (χ1v) is 18.2. The van der Waals surface area contributed by atoms with E-state index < -0.39 is 0 Å². The van der Waals surface area contributed by atoms with Crippen molar-refractivity contribution < 1.29 is 0 Å². The maximum atomic E-state index is 4.89. The maximum Gasteiger partial charge on any atom is 0.0717 e. The van der Waals surface area contributed by atoms with Crippen LogP contribution in [0.4, 0.5) is 0 Å². The van der Waals surface area contributed by atoms with Gasteiger partial charge in [-0.3, -0.25) is 19.9 Å². The molecule has 8 aromatic rings. The monoisotopic (exact) mass is 694 g/mol. The minimum atomic E-state index is 0.0536. The molecule has 0 saturated heterocycles. The summed E-state index contributed by atoms with van der Waals surface area (Å²) in [7, 11) is 0. The molecule has 0 saturated carbocycles. The van der Waals surface area contributed by atoms with Crippen LogP contribution in [0.25, 0.3) is 77.3 Å². The van der Waals surface area contributed by atoms with Crippen LogP contribution in [-0.2, 0) is 0 Å². The van der Waals surface area contributed by atoms with Gasteiger partial charge in [-0.15, -0.1) is 0 Å². The van der Waals surface area contributed by atoms with Gasteiger partial charge in [0.15, 0.2) is 0 Å². The Kier molecular flexibility index (Phi) is 7.84. The molecule has 0 amide bonds. The van der Waals surface area contributed by atoms with Crippen LogP contribution in [0.5, 0.6) is 0 Å². The molecule has 1 atom stereocenters. The number of benzene rings is 4. The fourth-order valence-corrected chi connectivity index (χ4v) is 7.55. The molecule has 2 aliphatic rings. The van der Waals surface area contributed by atoms with Crippen molar-refractivity contribution in [1.82, 2.24) is 30.6 Å². The summed E-state index contributed by atoms with van der Waals surface area (Å²) in [5.74, 6) is 0. The van der Waals surface area contributed by atoms with Gasteiger partial charge in [0.1, 0.15) is 0 Å². The van der Waals surface area contributed by atoms with Gasteiger partial charge in [0, 0.05) is 71.1 Å². The highest BCUT2D eigenvalue weighted by atomic mass is 14.9. The van der Waals surface area contributed by atoms with E-state index in [0.717, 1.165) is 62.8 Å². The molecule has 54 heavy (non-hydrogen) atoms. The van der Waals surface area contributed by atoms with Gasteiger partial charge < -0.3 is 10.6 Å². The Labute approximate surface area is 313 Å². The van der Waals surface area contributed by atoms with E-state index in [-0.39, 0.29) is 6.04 Å². The number of nitrogens with zero attached hydrogens (tertiary/aromatic N) is 4. The Morgan fingerprint density at radius 1 is 0.519 bits per heavy atom. The number of hydrogen-bond acceptors (Lipinski definition) is 6. The second-order valence-electron chi connectivity index (χ2n) is 13.6. The van der Waals surface area contributed by atoms with E-state index in [1.165, 1.54) is 37.9 Å². The van der Waals surface area contributed by atoms with Gasteiger partial charge in [-0.25, -0.2) is 0 Å². The van der Waals surface area contributed by atoms with Crippen molar-refractivity contribution in [2.24, 2.45) is 0 Å². The zero-order valence-electron chi connectivity index (χ0n) is 29.3. The number of aromatic nitrogens is 4. The first kappa shape index (κ1) is 31.5. The predicted octanol–water partition coefficient (Wildman–Crippen LogP) is 10.5. The minimum Gasteiger partial charge on any atom is -0.381 e. The lowest BCUT2D eigenvalue weighted by Gasteiger charge is -2.22. The first-order chi connectivity index (χ1) is 26.7. The van der Waals surface area contributed by atoms with E-state index in [9.17, 15) is 0 Å². The number of fused-ring (bicyclic) bond motifs is 6. The largest absolute Gasteiger partial charge is 0.381 e. The molecule has 4 aromatic carbocycles. The van der Waals surface area contributed by atoms with Gasteiger partial charge in [0.2, 0.25) is 0 Å². The Hall–Kier alpha value is -7.18. The van der Waals surface area contributed by atoms with Crippen LogP contribution in [0.3, 0.4) is 0 Å². The first-order valence-electron chi connectivity index (χ1n) is 18.2. The second-order valence-corrected chi connectivity index (χ2v) is 13.6. The second kappa shape index (κ2) is 13.4. The van der Waals surface area contributed by atoms with Crippen LogP contribution in [0.15, 0.2) is 188 Å². The Morgan fingerprint density at radius 2 is 1.09 bits per heavy atom. The van der Waals surface area contributed by atoms with E-state index in [0.29, 0.717) is 0 Å². The lowest BCUT2D eigenvalue weighted by Crippen LogP contribution is -2.22. The molecule has 2 N–H and O–H groups in total. The van der Waals surface area contributed by atoms with E-state index in [1.807, 2.05) is 61.2 Å².